The molecule has 0 bridgehead atoms. The summed E-state index contributed by atoms with van der Waals surface area (Å²) in [4.78, 5) is 11.9. The molecule has 4 heteroatoms. The molecule has 0 N–H and O–H groups in total. The van der Waals surface area contributed by atoms with Crippen molar-refractivity contribution in [2.75, 3.05) is 7.11 Å². The molecule has 0 aliphatic rings. The van der Waals surface area contributed by atoms with E-state index < -0.39 is 0 Å². The second-order valence-electron chi connectivity index (χ2n) is 4.66. The third-order valence-corrected chi connectivity index (χ3v) is 2.65. The molecule has 0 aromatic heterocycles. The Bertz CT molecular complexity index is 426. The highest BCUT2D eigenvalue weighted by Crippen LogP contribution is 2.29. The summed E-state index contributed by atoms with van der Waals surface area (Å²) in [6.45, 7) is 7.68. The molecule has 0 saturated carbocycles. The summed E-state index contributed by atoms with van der Waals surface area (Å²) in [6.07, 6.45) is 0.704. The maximum atomic E-state index is 11.9. The highest BCUT2D eigenvalue weighted by Gasteiger charge is 2.15. The van der Waals surface area contributed by atoms with E-state index in [9.17, 15) is 4.79 Å². The lowest BCUT2D eigenvalue weighted by Crippen LogP contribution is -2.14. The molecule has 4 nitrogen and oxygen atoms in total. The lowest BCUT2D eigenvalue weighted by Gasteiger charge is -2.15. The number of methoxy groups -OCH3 is 1. The van der Waals surface area contributed by atoms with E-state index in [1.807, 2.05) is 27.7 Å². The smallest absolute Gasteiger partial charge is 0.338 e. The SMILES string of the molecule is CCC(C)OC(=O)c1ccc(OC)c(OC(C)C)c1. The van der Waals surface area contributed by atoms with Crippen LogP contribution in [-0.2, 0) is 4.74 Å². The van der Waals surface area contributed by atoms with Crippen molar-refractivity contribution >= 4 is 5.97 Å². The number of rotatable bonds is 6. The van der Waals surface area contributed by atoms with Crippen LogP contribution in [0, 0.1) is 0 Å². The van der Waals surface area contributed by atoms with Crippen molar-refractivity contribution in [2.45, 2.75) is 46.3 Å². The van der Waals surface area contributed by atoms with Gasteiger partial charge in [-0.15, -0.1) is 0 Å². The van der Waals surface area contributed by atoms with Crippen LogP contribution in [0.1, 0.15) is 44.5 Å². The Balaban J connectivity index is 2.93. The predicted octanol–water partition coefficient (Wildman–Crippen LogP) is 3.44. The Kier molecular flexibility index (Phi) is 5.67. The average molecular weight is 266 g/mol. The Labute approximate surface area is 114 Å². The van der Waals surface area contributed by atoms with Crippen molar-refractivity contribution in [1.29, 1.82) is 0 Å². The van der Waals surface area contributed by atoms with Gasteiger partial charge in [-0.2, -0.15) is 0 Å². The van der Waals surface area contributed by atoms with Gasteiger partial charge >= 0.3 is 5.97 Å². The Morgan fingerprint density at radius 2 is 1.89 bits per heavy atom. The fourth-order valence-corrected chi connectivity index (χ4v) is 1.48. The number of hydrogen-bond acceptors (Lipinski definition) is 4. The molecule has 0 radical (unpaired) electrons. The lowest BCUT2D eigenvalue weighted by molar-refractivity contribution is 0.0333. The first-order valence-electron chi connectivity index (χ1n) is 6.53. The molecule has 0 amide bonds. The van der Waals surface area contributed by atoms with Crippen molar-refractivity contribution in [1.82, 2.24) is 0 Å². The number of ether oxygens (including phenoxy) is 3. The van der Waals surface area contributed by atoms with E-state index in [-0.39, 0.29) is 18.2 Å². The molecule has 0 heterocycles. The van der Waals surface area contributed by atoms with E-state index in [4.69, 9.17) is 14.2 Å². The van der Waals surface area contributed by atoms with Crippen LogP contribution in [-0.4, -0.2) is 25.3 Å². The minimum Gasteiger partial charge on any atom is -0.493 e. The van der Waals surface area contributed by atoms with Crippen LogP contribution in [0.5, 0.6) is 11.5 Å². The van der Waals surface area contributed by atoms with Gasteiger partial charge in [-0.25, -0.2) is 4.79 Å². The summed E-state index contributed by atoms with van der Waals surface area (Å²) in [5.74, 6) is 0.815. The van der Waals surface area contributed by atoms with Gasteiger partial charge in [0.05, 0.1) is 24.9 Å². The third-order valence-electron chi connectivity index (χ3n) is 2.65. The summed E-state index contributed by atoms with van der Waals surface area (Å²) in [5.41, 5.74) is 0.469. The predicted molar refractivity (Wildman–Crippen MR) is 73.9 cm³/mol. The van der Waals surface area contributed by atoms with E-state index in [0.717, 1.165) is 6.42 Å². The number of carbonyl (C=O) groups is 1. The first-order valence-corrected chi connectivity index (χ1v) is 6.53. The normalized spacial score (nSPS) is 12.1. The largest absolute Gasteiger partial charge is 0.493 e. The topological polar surface area (TPSA) is 44.8 Å². The van der Waals surface area contributed by atoms with Crippen molar-refractivity contribution in [2.24, 2.45) is 0 Å². The molecule has 1 unspecified atom stereocenters. The fraction of sp³-hybridized carbons (Fsp3) is 0.533. The van der Waals surface area contributed by atoms with Crippen LogP contribution in [0.15, 0.2) is 18.2 Å². The second-order valence-corrected chi connectivity index (χ2v) is 4.66. The Morgan fingerprint density at radius 1 is 1.21 bits per heavy atom. The zero-order valence-corrected chi connectivity index (χ0v) is 12.2. The first-order chi connectivity index (χ1) is 8.97. The molecule has 1 aromatic rings. The molecule has 1 aromatic carbocycles. The maximum absolute atomic E-state index is 11.9. The number of hydrogen-bond donors (Lipinski definition) is 0. The fourth-order valence-electron chi connectivity index (χ4n) is 1.48. The van der Waals surface area contributed by atoms with Crippen LogP contribution in [0.2, 0.25) is 0 Å². The minimum absolute atomic E-state index is 0.00901. The monoisotopic (exact) mass is 266 g/mol. The molecule has 0 aliphatic carbocycles. The van der Waals surface area contributed by atoms with Crippen molar-refractivity contribution in [3.63, 3.8) is 0 Å². The summed E-state index contributed by atoms with van der Waals surface area (Å²) in [7, 11) is 1.57. The van der Waals surface area contributed by atoms with E-state index >= 15 is 0 Å². The molecule has 1 rings (SSSR count). The summed E-state index contributed by atoms with van der Waals surface area (Å²) in [6, 6.07) is 5.05. The van der Waals surface area contributed by atoms with Gasteiger partial charge in [-0.3, -0.25) is 0 Å². The van der Waals surface area contributed by atoms with Crippen molar-refractivity contribution in [3.8, 4) is 11.5 Å². The molecule has 0 spiro atoms. The van der Waals surface area contributed by atoms with Gasteiger partial charge < -0.3 is 14.2 Å². The van der Waals surface area contributed by atoms with E-state index in [0.29, 0.717) is 17.1 Å². The van der Waals surface area contributed by atoms with Gasteiger partial charge in [0.25, 0.3) is 0 Å². The zero-order chi connectivity index (χ0) is 14.4. The van der Waals surface area contributed by atoms with Crippen LogP contribution in [0.25, 0.3) is 0 Å². The summed E-state index contributed by atoms with van der Waals surface area (Å²) >= 11 is 0. The standard InChI is InChI=1S/C15H22O4/c1-6-11(4)19-15(16)12-7-8-13(17-5)14(9-12)18-10(2)3/h7-11H,6H2,1-5H3. The average Bonchev–Trinajstić information content (AvgIpc) is 2.37. The van der Waals surface area contributed by atoms with Gasteiger partial charge in [0.1, 0.15) is 0 Å². The van der Waals surface area contributed by atoms with Crippen molar-refractivity contribution in [3.05, 3.63) is 23.8 Å². The molecular weight excluding hydrogens is 244 g/mol. The highest BCUT2D eigenvalue weighted by molar-refractivity contribution is 5.90. The quantitative estimate of drug-likeness (QED) is 0.740. The summed E-state index contributed by atoms with van der Waals surface area (Å²) in [5, 5.41) is 0. The second kappa shape index (κ2) is 7.02. The van der Waals surface area contributed by atoms with Gasteiger partial charge in [-0.05, 0) is 45.4 Å². The maximum Gasteiger partial charge on any atom is 0.338 e. The number of benzene rings is 1. The van der Waals surface area contributed by atoms with Crippen LogP contribution in [0.4, 0.5) is 0 Å². The minimum atomic E-state index is -0.342. The molecule has 0 fully saturated rings. The van der Waals surface area contributed by atoms with E-state index in [2.05, 4.69) is 0 Å². The van der Waals surface area contributed by atoms with E-state index in [1.165, 1.54) is 0 Å². The zero-order valence-electron chi connectivity index (χ0n) is 12.2. The number of carbonyl (C=O) groups excluding carboxylic acids is 1. The van der Waals surface area contributed by atoms with Crippen LogP contribution in [0.3, 0.4) is 0 Å². The van der Waals surface area contributed by atoms with Gasteiger partial charge in [-0.1, -0.05) is 6.92 Å². The first kappa shape index (κ1) is 15.3. The van der Waals surface area contributed by atoms with Crippen LogP contribution < -0.4 is 9.47 Å². The molecule has 106 valence electrons. The van der Waals surface area contributed by atoms with Gasteiger partial charge in [0, 0.05) is 0 Å². The van der Waals surface area contributed by atoms with Crippen molar-refractivity contribution < 1.29 is 19.0 Å². The summed E-state index contributed by atoms with van der Waals surface area (Å²) < 4.78 is 16.1. The Morgan fingerprint density at radius 3 is 2.42 bits per heavy atom. The molecule has 0 aliphatic heterocycles. The molecule has 1 atom stereocenters. The highest BCUT2D eigenvalue weighted by atomic mass is 16.5. The molecule has 19 heavy (non-hydrogen) atoms. The van der Waals surface area contributed by atoms with Gasteiger partial charge in [0.15, 0.2) is 11.5 Å². The molecule has 0 saturated heterocycles. The van der Waals surface area contributed by atoms with E-state index in [1.54, 1.807) is 25.3 Å². The third kappa shape index (κ3) is 4.47. The Hall–Kier alpha value is -1.71. The number of esters is 1. The lowest BCUT2D eigenvalue weighted by atomic mass is 10.2. The molecular formula is C15H22O4. The van der Waals surface area contributed by atoms with Crippen LogP contribution >= 0.6 is 0 Å². The van der Waals surface area contributed by atoms with Gasteiger partial charge in [0.2, 0.25) is 0 Å².